The lowest BCUT2D eigenvalue weighted by Crippen LogP contribution is -2.25. The number of carbonyl (C=O) groups excluding carboxylic acids is 1. The number of ether oxygens (including phenoxy) is 2. The van der Waals surface area contributed by atoms with Gasteiger partial charge >= 0.3 is 0 Å². The molecule has 178 valence electrons. The second-order valence-electron chi connectivity index (χ2n) is 8.12. The third kappa shape index (κ3) is 6.82. The molecule has 1 saturated carbocycles. The predicted molar refractivity (Wildman–Crippen MR) is 131 cm³/mol. The second kappa shape index (κ2) is 10.7. The molecule has 1 aliphatic carbocycles. The first kappa shape index (κ1) is 23.8. The molecule has 1 amide bonds. The zero-order chi connectivity index (χ0) is 24.0. The molecule has 1 fully saturated rings. The Morgan fingerprint density at radius 2 is 1.47 bits per heavy atom. The van der Waals surface area contributed by atoms with E-state index in [0.29, 0.717) is 30.2 Å². The van der Waals surface area contributed by atoms with Gasteiger partial charge in [-0.3, -0.25) is 4.79 Å². The Balaban J connectivity index is 1.24. The number of carbonyl (C=O) groups is 1. The zero-order valence-corrected chi connectivity index (χ0v) is 19.8. The number of hydrogen-bond donors (Lipinski definition) is 2. The van der Waals surface area contributed by atoms with Crippen LogP contribution in [0.25, 0.3) is 0 Å². The van der Waals surface area contributed by atoms with Gasteiger partial charge in [-0.1, -0.05) is 12.1 Å². The van der Waals surface area contributed by atoms with Crippen molar-refractivity contribution in [3.8, 4) is 17.2 Å². The van der Waals surface area contributed by atoms with Crippen molar-refractivity contribution in [3.05, 3.63) is 78.4 Å². The summed E-state index contributed by atoms with van der Waals surface area (Å²) in [6, 6.07) is 21.3. The number of rotatable bonds is 11. The van der Waals surface area contributed by atoms with E-state index in [0.717, 1.165) is 24.2 Å². The van der Waals surface area contributed by atoms with E-state index in [1.54, 1.807) is 48.5 Å². The van der Waals surface area contributed by atoms with Gasteiger partial charge < -0.3 is 14.8 Å². The van der Waals surface area contributed by atoms with Crippen molar-refractivity contribution >= 4 is 21.6 Å². The molecule has 4 rings (SSSR count). The summed E-state index contributed by atoms with van der Waals surface area (Å²) >= 11 is 0. The largest absolute Gasteiger partial charge is 0.494 e. The van der Waals surface area contributed by atoms with E-state index in [2.05, 4.69) is 10.0 Å². The number of nitrogens with one attached hydrogen (secondary N) is 2. The van der Waals surface area contributed by atoms with Crippen LogP contribution in [-0.2, 0) is 21.2 Å². The van der Waals surface area contributed by atoms with Crippen LogP contribution in [0.1, 0.15) is 31.7 Å². The Labute approximate surface area is 200 Å². The van der Waals surface area contributed by atoms with E-state index in [1.165, 1.54) is 0 Å². The molecule has 0 aromatic heterocycles. The Morgan fingerprint density at radius 1 is 0.882 bits per heavy atom. The summed E-state index contributed by atoms with van der Waals surface area (Å²) in [6.45, 7) is 2.55. The maximum absolute atomic E-state index is 12.3. The van der Waals surface area contributed by atoms with Crippen LogP contribution in [0.3, 0.4) is 0 Å². The Hall–Kier alpha value is -3.36. The SMILES string of the molecule is CCOc1ccc(Oc2ccc(NC(=O)CCc3ccc(S(=O)(=O)NC4CC4)cc3)cc2)cc1. The number of anilines is 1. The van der Waals surface area contributed by atoms with Crippen LogP contribution in [0, 0.1) is 0 Å². The summed E-state index contributed by atoms with van der Waals surface area (Å²) in [5.41, 5.74) is 1.58. The number of hydrogen-bond acceptors (Lipinski definition) is 5. The Morgan fingerprint density at radius 3 is 2.06 bits per heavy atom. The molecule has 1 aliphatic rings. The number of sulfonamides is 1. The van der Waals surface area contributed by atoms with Gasteiger partial charge in [0.15, 0.2) is 0 Å². The average molecular weight is 481 g/mol. The van der Waals surface area contributed by atoms with Crippen LogP contribution >= 0.6 is 0 Å². The van der Waals surface area contributed by atoms with Crippen LogP contribution in [0.4, 0.5) is 5.69 Å². The minimum absolute atomic E-state index is 0.0706. The van der Waals surface area contributed by atoms with Gasteiger partial charge in [-0.05, 0) is 92.4 Å². The highest BCUT2D eigenvalue weighted by Gasteiger charge is 2.27. The predicted octanol–water partition coefficient (Wildman–Crippen LogP) is 4.89. The van der Waals surface area contributed by atoms with Gasteiger partial charge in [0, 0.05) is 18.2 Å². The van der Waals surface area contributed by atoms with Crippen molar-refractivity contribution in [2.24, 2.45) is 0 Å². The molecule has 0 radical (unpaired) electrons. The van der Waals surface area contributed by atoms with Gasteiger partial charge in [-0.25, -0.2) is 13.1 Å². The topological polar surface area (TPSA) is 93.7 Å². The van der Waals surface area contributed by atoms with Crippen molar-refractivity contribution in [1.82, 2.24) is 4.72 Å². The summed E-state index contributed by atoms with van der Waals surface area (Å²) in [5, 5.41) is 2.87. The molecule has 3 aromatic rings. The molecule has 0 spiro atoms. The van der Waals surface area contributed by atoms with E-state index in [1.807, 2.05) is 31.2 Å². The zero-order valence-electron chi connectivity index (χ0n) is 19.0. The summed E-state index contributed by atoms with van der Waals surface area (Å²) in [6.07, 6.45) is 2.59. The smallest absolute Gasteiger partial charge is 0.240 e. The van der Waals surface area contributed by atoms with E-state index < -0.39 is 10.0 Å². The highest BCUT2D eigenvalue weighted by atomic mass is 32.2. The normalized spacial score (nSPS) is 13.3. The summed E-state index contributed by atoms with van der Waals surface area (Å²) < 4.78 is 38.4. The molecule has 0 atom stereocenters. The average Bonchev–Trinajstić information content (AvgIpc) is 3.64. The van der Waals surface area contributed by atoms with Gasteiger partial charge in [0.1, 0.15) is 17.2 Å². The molecule has 8 heteroatoms. The number of aryl methyl sites for hydroxylation is 1. The highest BCUT2D eigenvalue weighted by Crippen LogP contribution is 2.25. The molecule has 3 aromatic carbocycles. The Bertz CT molecular complexity index is 1200. The van der Waals surface area contributed by atoms with Crippen molar-refractivity contribution in [3.63, 3.8) is 0 Å². The third-order valence-corrected chi connectivity index (χ3v) is 6.82. The fourth-order valence-electron chi connectivity index (χ4n) is 3.32. The molecule has 34 heavy (non-hydrogen) atoms. The van der Waals surface area contributed by atoms with E-state index >= 15 is 0 Å². The lowest BCUT2D eigenvalue weighted by Gasteiger charge is -2.09. The molecular weight excluding hydrogens is 452 g/mol. The first-order chi connectivity index (χ1) is 16.4. The summed E-state index contributed by atoms with van der Waals surface area (Å²) in [5.74, 6) is 2.03. The summed E-state index contributed by atoms with van der Waals surface area (Å²) in [4.78, 5) is 12.6. The van der Waals surface area contributed by atoms with E-state index in [-0.39, 0.29) is 23.3 Å². The van der Waals surface area contributed by atoms with Gasteiger partial charge in [0.2, 0.25) is 15.9 Å². The monoisotopic (exact) mass is 480 g/mol. The van der Waals surface area contributed by atoms with Gasteiger partial charge in [-0.15, -0.1) is 0 Å². The van der Waals surface area contributed by atoms with Crippen LogP contribution in [0.15, 0.2) is 77.7 Å². The van der Waals surface area contributed by atoms with Crippen LogP contribution < -0.4 is 19.5 Å². The molecule has 0 heterocycles. The third-order valence-electron chi connectivity index (χ3n) is 5.28. The fourth-order valence-corrected chi connectivity index (χ4v) is 4.62. The van der Waals surface area contributed by atoms with E-state index in [9.17, 15) is 13.2 Å². The quantitative estimate of drug-likeness (QED) is 0.408. The molecule has 0 unspecified atom stereocenters. The second-order valence-corrected chi connectivity index (χ2v) is 9.83. The van der Waals surface area contributed by atoms with Crippen LogP contribution in [0.2, 0.25) is 0 Å². The van der Waals surface area contributed by atoms with Gasteiger partial charge in [-0.2, -0.15) is 0 Å². The standard InChI is InChI=1S/C26H28N2O5S/c1-2-32-22-12-14-24(15-13-22)33-23-10-8-20(9-11-23)27-26(29)18-5-19-3-16-25(17-4-19)34(30,31)28-21-6-7-21/h3-4,8-17,21,28H,2,5-7,18H2,1H3,(H,27,29). The molecular formula is C26H28N2O5S. The van der Waals surface area contributed by atoms with Crippen LogP contribution in [-0.4, -0.2) is 27.0 Å². The van der Waals surface area contributed by atoms with Crippen molar-refractivity contribution in [1.29, 1.82) is 0 Å². The molecule has 0 bridgehead atoms. The van der Waals surface area contributed by atoms with Crippen molar-refractivity contribution in [2.45, 2.75) is 43.5 Å². The molecule has 0 saturated heterocycles. The number of amides is 1. The maximum Gasteiger partial charge on any atom is 0.240 e. The van der Waals surface area contributed by atoms with Gasteiger partial charge in [0.05, 0.1) is 11.5 Å². The molecule has 2 N–H and O–H groups in total. The first-order valence-electron chi connectivity index (χ1n) is 11.3. The maximum atomic E-state index is 12.3. The van der Waals surface area contributed by atoms with Crippen molar-refractivity contribution < 1.29 is 22.7 Å². The van der Waals surface area contributed by atoms with E-state index in [4.69, 9.17) is 9.47 Å². The Kier molecular flexibility index (Phi) is 7.49. The number of benzene rings is 3. The lowest BCUT2D eigenvalue weighted by molar-refractivity contribution is -0.116. The lowest BCUT2D eigenvalue weighted by atomic mass is 10.1. The van der Waals surface area contributed by atoms with Gasteiger partial charge in [0.25, 0.3) is 0 Å². The first-order valence-corrected chi connectivity index (χ1v) is 12.8. The molecule has 0 aliphatic heterocycles. The highest BCUT2D eigenvalue weighted by molar-refractivity contribution is 7.89. The van der Waals surface area contributed by atoms with Crippen molar-refractivity contribution in [2.75, 3.05) is 11.9 Å². The molecule has 7 nitrogen and oxygen atoms in total. The fraction of sp³-hybridized carbons (Fsp3) is 0.269. The van der Waals surface area contributed by atoms with Crippen LogP contribution in [0.5, 0.6) is 17.2 Å². The minimum atomic E-state index is -3.46. The minimum Gasteiger partial charge on any atom is -0.494 e. The summed E-state index contributed by atoms with van der Waals surface area (Å²) in [7, 11) is -3.46.